The van der Waals surface area contributed by atoms with Crippen molar-refractivity contribution in [3.05, 3.63) is 17.0 Å². The maximum atomic E-state index is 12.1. The SMILES string of the molecule is CCN[C@H](C)CNC(=O)C(C)Cc1c(C)nn(C)c1C. The molecule has 2 atom stereocenters. The van der Waals surface area contributed by atoms with Crippen molar-refractivity contribution in [2.45, 2.75) is 47.1 Å². The van der Waals surface area contributed by atoms with E-state index >= 15 is 0 Å². The highest BCUT2D eigenvalue weighted by Crippen LogP contribution is 2.16. The number of likely N-dealkylation sites (N-methyl/N-ethyl adjacent to an activating group) is 1. The van der Waals surface area contributed by atoms with Crippen LogP contribution in [0.1, 0.15) is 37.7 Å². The number of nitrogens with zero attached hydrogens (tertiary/aromatic N) is 2. The predicted octanol–water partition coefficient (Wildman–Crippen LogP) is 1.33. The summed E-state index contributed by atoms with van der Waals surface area (Å²) >= 11 is 0. The molecule has 1 aromatic rings. The third-order valence-electron chi connectivity index (χ3n) is 3.75. The van der Waals surface area contributed by atoms with Crippen LogP contribution in [0.5, 0.6) is 0 Å². The summed E-state index contributed by atoms with van der Waals surface area (Å²) in [5.41, 5.74) is 3.35. The van der Waals surface area contributed by atoms with Gasteiger partial charge in [0.25, 0.3) is 0 Å². The maximum Gasteiger partial charge on any atom is 0.223 e. The van der Waals surface area contributed by atoms with Gasteiger partial charge in [0.05, 0.1) is 5.69 Å². The Labute approximate surface area is 122 Å². The van der Waals surface area contributed by atoms with E-state index in [-0.39, 0.29) is 11.8 Å². The van der Waals surface area contributed by atoms with E-state index in [9.17, 15) is 4.79 Å². The lowest BCUT2D eigenvalue weighted by atomic mass is 9.99. The van der Waals surface area contributed by atoms with Crippen LogP contribution in [-0.2, 0) is 18.3 Å². The Kier molecular flexibility index (Phi) is 6.20. The minimum atomic E-state index is -0.0366. The molecule has 1 rings (SSSR count). The van der Waals surface area contributed by atoms with Crippen LogP contribution in [0.4, 0.5) is 0 Å². The molecule has 0 fully saturated rings. The van der Waals surface area contributed by atoms with Gasteiger partial charge in [0.2, 0.25) is 5.91 Å². The molecular weight excluding hydrogens is 252 g/mol. The molecule has 0 bridgehead atoms. The molecule has 0 aliphatic carbocycles. The van der Waals surface area contributed by atoms with E-state index < -0.39 is 0 Å². The summed E-state index contributed by atoms with van der Waals surface area (Å²) in [6, 6.07) is 0.304. The Hall–Kier alpha value is -1.36. The van der Waals surface area contributed by atoms with Crippen LogP contribution in [0.3, 0.4) is 0 Å². The van der Waals surface area contributed by atoms with Crippen LogP contribution in [0.15, 0.2) is 0 Å². The highest BCUT2D eigenvalue weighted by Gasteiger charge is 2.18. The lowest BCUT2D eigenvalue weighted by Crippen LogP contribution is -2.41. The van der Waals surface area contributed by atoms with Crippen molar-refractivity contribution in [1.82, 2.24) is 20.4 Å². The van der Waals surface area contributed by atoms with E-state index in [0.717, 1.165) is 24.4 Å². The Morgan fingerprint density at radius 1 is 1.35 bits per heavy atom. The zero-order valence-electron chi connectivity index (χ0n) is 13.6. The summed E-state index contributed by atoms with van der Waals surface area (Å²) in [6.45, 7) is 11.7. The average Bonchev–Trinajstić information content (AvgIpc) is 2.63. The average molecular weight is 280 g/mol. The molecule has 0 saturated heterocycles. The van der Waals surface area contributed by atoms with E-state index in [0.29, 0.717) is 12.6 Å². The van der Waals surface area contributed by atoms with Crippen molar-refractivity contribution in [3.8, 4) is 0 Å². The van der Waals surface area contributed by atoms with Gasteiger partial charge in [0.1, 0.15) is 0 Å². The van der Waals surface area contributed by atoms with Crippen LogP contribution < -0.4 is 10.6 Å². The van der Waals surface area contributed by atoms with Crippen molar-refractivity contribution in [2.24, 2.45) is 13.0 Å². The Bertz CT molecular complexity index is 453. The fraction of sp³-hybridized carbons (Fsp3) is 0.733. The van der Waals surface area contributed by atoms with Crippen LogP contribution in [0, 0.1) is 19.8 Å². The number of nitrogens with one attached hydrogen (secondary N) is 2. The van der Waals surface area contributed by atoms with E-state index in [2.05, 4.69) is 29.6 Å². The standard InChI is InChI=1S/C15H28N4O/c1-7-16-11(3)9-17-15(20)10(2)8-14-12(4)18-19(6)13(14)5/h10-11,16H,7-9H2,1-6H3,(H,17,20)/t10?,11-/m1/s1. The fourth-order valence-corrected chi connectivity index (χ4v) is 2.36. The first-order chi connectivity index (χ1) is 9.36. The van der Waals surface area contributed by atoms with E-state index in [1.165, 1.54) is 5.56 Å². The van der Waals surface area contributed by atoms with Gasteiger partial charge in [-0.1, -0.05) is 13.8 Å². The number of carbonyl (C=O) groups is 1. The van der Waals surface area contributed by atoms with E-state index in [1.807, 2.05) is 32.5 Å². The summed E-state index contributed by atoms with van der Waals surface area (Å²) in [7, 11) is 1.94. The van der Waals surface area contributed by atoms with Crippen LogP contribution in [-0.4, -0.2) is 34.8 Å². The number of aryl methyl sites for hydroxylation is 2. The third-order valence-corrected chi connectivity index (χ3v) is 3.75. The van der Waals surface area contributed by atoms with Crippen molar-refractivity contribution >= 4 is 5.91 Å². The summed E-state index contributed by atoms with van der Waals surface area (Å²) in [5, 5.41) is 10.7. The first kappa shape index (κ1) is 16.7. The van der Waals surface area contributed by atoms with Gasteiger partial charge in [0.15, 0.2) is 0 Å². The normalized spacial score (nSPS) is 14.1. The molecule has 1 aromatic heterocycles. The summed E-state index contributed by atoms with van der Waals surface area (Å²) in [5.74, 6) is 0.0721. The van der Waals surface area contributed by atoms with Gasteiger partial charge >= 0.3 is 0 Å². The lowest BCUT2D eigenvalue weighted by molar-refractivity contribution is -0.124. The monoisotopic (exact) mass is 280 g/mol. The predicted molar refractivity (Wildman–Crippen MR) is 81.7 cm³/mol. The van der Waals surface area contributed by atoms with Gasteiger partial charge < -0.3 is 10.6 Å². The number of hydrogen-bond donors (Lipinski definition) is 2. The molecule has 5 nitrogen and oxygen atoms in total. The van der Waals surface area contributed by atoms with Gasteiger partial charge in [-0.05, 0) is 39.3 Å². The van der Waals surface area contributed by atoms with Crippen LogP contribution in [0.2, 0.25) is 0 Å². The van der Waals surface area contributed by atoms with Gasteiger partial charge in [-0.15, -0.1) is 0 Å². The minimum Gasteiger partial charge on any atom is -0.354 e. The largest absolute Gasteiger partial charge is 0.354 e. The molecule has 1 amide bonds. The van der Waals surface area contributed by atoms with E-state index in [4.69, 9.17) is 0 Å². The number of aromatic nitrogens is 2. The number of rotatable bonds is 7. The molecule has 0 saturated carbocycles. The quantitative estimate of drug-likeness (QED) is 0.792. The molecule has 0 aliphatic heterocycles. The van der Waals surface area contributed by atoms with Gasteiger partial charge in [-0.3, -0.25) is 9.48 Å². The Balaban J connectivity index is 2.53. The highest BCUT2D eigenvalue weighted by atomic mass is 16.1. The summed E-state index contributed by atoms with van der Waals surface area (Å²) in [4.78, 5) is 12.1. The van der Waals surface area contributed by atoms with Crippen molar-refractivity contribution < 1.29 is 4.79 Å². The zero-order valence-corrected chi connectivity index (χ0v) is 13.6. The smallest absolute Gasteiger partial charge is 0.223 e. The molecule has 1 unspecified atom stereocenters. The molecule has 1 heterocycles. The molecule has 5 heteroatoms. The zero-order chi connectivity index (χ0) is 15.3. The molecule has 114 valence electrons. The topological polar surface area (TPSA) is 58.9 Å². The second-order valence-corrected chi connectivity index (χ2v) is 5.58. The molecule has 20 heavy (non-hydrogen) atoms. The second-order valence-electron chi connectivity index (χ2n) is 5.58. The van der Waals surface area contributed by atoms with E-state index in [1.54, 1.807) is 0 Å². The molecule has 0 aromatic carbocycles. The third kappa shape index (κ3) is 4.34. The Morgan fingerprint density at radius 3 is 2.50 bits per heavy atom. The highest BCUT2D eigenvalue weighted by molar-refractivity contribution is 5.78. The molecular formula is C15H28N4O. The fourth-order valence-electron chi connectivity index (χ4n) is 2.36. The minimum absolute atomic E-state index is 0.0366. The van der Waals surface area contributed by atoms with Crippen molar-refractivity contribution in [1.29, 1.82) is 0 Å². The first-order valence-corrected chi connectivity index (χ1v) is 7.36. The number of amides is 1. The maximum absolute atomic E-state index is 12.1. The second kappa shape index (κ2) is 7.43. The van der Waals surface area contributed by atoms with Gasteiger partial charge in [-0.2, -0.15) is 5.10 Å². The summed E-state index contributed by atoms with van der Waals surface area (Å²) < 4.78 is 1.88. The number of carbonyl (C=O) groups excluding carboxylic acids is 1. The summed E-state index contributed by atoms with van der Waals surface area (Å²) in [6.07, 6.45) is 0.743. The lowest BCUT2D eigenvalue weighted by Gasteiger charge is -2.16. The van der Waals surface area contributed by atoms with Crippen molar-refractivity contribution in [3.63, 3.8) is 0 Å². The molecule has 0 spiro atoms. The Morgan fingerprint density at radius 2 is 2.00 bits per heavy atom. The first-order valence-electron chi connectivity index (χ1n) is 7.36. The number of hydrogen-bond acceptors (Lipinski definition) is 3. The van der Waals surface area contributed by atoms with Gasteiger partial charge in [-0.25, -0.2) is 0 Å². The molecule has 0 aliphatic rings. The van der Waals surface area contributed by atoms with Gasteiger partial charge in [0, 0.05) is 31.2 Å². The van der Waals surface area contributed by atoms with Crippen molar-refractivity contribution in [2.75, 3.05) is 13.1 Å². The molecule has 0 radical (unpaired) electrons. The van der Waals surface area contributed by atoms with Crippen LogP contribution >= 0.6 is 0 Å². The van der Waals surface area contributed by atoms with Crippen LogP contribution in [0.25, 0.3) is 0 Å². The molecule has 2 N–H and O–H groups in total.